The Morgan fingerprint density at radius 1 is 0.963 bits per heavy atom. The molecular formula is C21H28N2O3S. The second-order valence-electron chi connectivity index (χ2n) is 6.93. The lowest BCUT2D eigenvalue weighted by atomic mass is 10.1. The number of rotatable bonds is 5. The number of piperazine rings is 1. The lowest BCUT2D eigenvalue weighted by Crippen LogP contribution is -2.48. The maximum atomic E-state index is 13.3. The normalized spacial score (nSPS) is 15.8. The highest BCUT2D eigenvalue weighted by Gasteiger charge is 2.31. The zero-order valence-corrected chi connectivity index (χ0v) is 17.3. The predicted molar refractivity (Wildman–Crippen MR) is 109 cm³/mol. The number of anilines is 1. The molecule has 0 bridgehead atoms. The van der Waals surface area contributed by atoms with Crippen molar-refractivity contribution in [3.05, 3.63) is 53.1 Å². The van der Waals surface area contributed by atoms with Crippen molar-refractivity contribution in [2.45, 2.75) is 32.6 Å². The van der Waals surface area contributed by atoms with E-state index in [1.54, 1.807) is 10.4 Å². The van der Waals surface area contributed by atoms with Crippen LogP contribution in [0.1, 0.15) is 23.6 Å². The topological polar surface area (TPSA) is 49.9 Å². The van der Waals surface area contributed by atoms with Gasteiger partial charge in [0, 0.05) is 31.9 Å². The van der Waals surface area contributed by atoms with E-state index in [0.29, 0.717) is 37.7 Å². The van der Waals surface area contributed by atoms with Gasteiger partial charge in [0.25, 0.3) is 0 Å². The van der Waals surface area contributed by atoms with Crippen molar-refractivity contribution in [1.29, 1.82) is 0 Å². The number of aryl methyl sites for hydroxylation is 1. The molecule has 0 unspecified atom stereocenters. The molecule has 1 aliphatic rings. The molecule has 1 fully saturated rings. The number of hydrogen-bond acceptors (Lipinski definition) is 4. The van der Waals surface area contributed by atoms with Crippen LogP contribution in [-0.4, -0.2) is 45.5 Å². The van der Waals surface area contributed by atoms with E-state index in [1.807, 2.05) is 45.9 Å². The van der Waals surface area contributed by atoms with Crippen LogP contribution in [0.3, 0.4) is 0 Å². The average molecular weight is 389 g/mol. The van der Waals surface area contributed by atoms with Gasteiger partial charge in [-0.05, 0) is 62.6 Å². The number of sulfonamides is 1. The van der Waals surface area contributed by atoms with E-state index in [1.165, 1.54) is 0 Å². The van der Waals surface area contributed by atoms with E-state index >= 15 is 0 Å². The van der Waals surface area contributed by atoms with Crippen molar-refractivity contribution >= 4 is 15.7 Å². The number of ether oxygens (including phenoxy) is 1. The van der Waals surface area contributed by atoms with Crippen LogP contribution in [0.25, 0.3) is 0 Å². The molecule has 0 aromatic heterocycles. The summed E-state index contributed by atoms with van der Waals surface area (Å²) in [5, 5.41) is 0. The van der Waals surface area contributed by atoms with Crippen molar-refractivity contribution < 1.29 is 13.2 Å². The first kappa shape index (κ1) is 19.7. The molecule has 0 spiro atoms. The molecule has 5 nitrogen and oxygen atoms in total. The van der Waals surface area contributed by atoms with E-state index < -0.39 is 10.0 Å². The molecule has 146 valence electrons. The fourth-order valence-electron chi connectivity index (χ4n) is 3.62. The summed E-state index contributed by atoms with van der Waals surface area (Å²) in [6.07, 6.45) is 0. The molecule has 1 aliphatic heterocycles. The van der Waals surface area contributed by atoms with Crippen molar-refractivity contribution in [3.8, 4) is 5.75 Å². The van der Waals surface area contributed by atoms with Crippen molar-refractivity contribution in [2.75, 3.05) is 37.7 Å². The lowest BCUT2D eigenvalue weighted by molar-refractivity contribution is 0.334. The van der Waals surface area contributed by atoms with Crippen LogP contribution >= 0.6 is 0 Å². The molecule has 0 aliphatic carbocycles. The second-order valence-corrected chi connectivity index (χ2v) is 8.84. The Morgan fingerprint density at radius 2 is 1.59 bits per heavy atom. The summed E-state index contributed by atoms with van der Waals surface area (Å²) < 4.78 is 33.9. The number of nitrogens with zero attached hydrogens (tertiary/aromatic N) is 2. The molecule has 0 N–H and O–H groups in total. The first-order chi connectivity index (χ1) is 12.9. The number of para-hydroxylation sites is 1. The summed E-state index contributed by atoms with van der Waals surface area (Å²) in [5.41, 5.74) is 3.67. The molecular weight excluding hydrogens is 360 g/mol. The summed E-state index contributed by atoms with van der Waals surface area (Å²) in [7, 11) is -3.52. The Bertz CT molecular complexity index is 903. The van der Waals surface area contributed by atoms with Gasteiger partial charge in [0.1, 0.15) is 5.75 Å². The van der Waals surface area contributed by atoms with Crippen LogP contribution in [0.5, 0.6) is 5.75 Å². The van der Waals surface area contributed by atoms with Crippen LogP contribution in [0.15, 0.2) is 41.3 Å². The Morgan fingerprint density at radius 3 is 2.19 bits per heavy atom. The Kier molecular flexibility index (Phi) is 5.77. The minimum Gasteiger partial charge on any atom is -0.493 e. The van der Waals surface area contributed by atoms with Crippen molar-refractivity contribution in [2.24, 2.45) is 0 Å². The largest absolute Gasteiger partial charge is 0.493 e. The highest BCUT2D eigenvalue weighted by Crippen LogP contribution is 2.33. The number of hydrogen-bond donors (Lipinski definition) is 0. The van der Waals surface area contributed by atoms with Gasteiger partial charge >= 0.3 is 0 Å². The molecule has 6 heteroatoms. The van der Waals surface area contributed by atoms with Crippen LogP contribution < -0.4 is 9.64 Å². The van der Waals surface area contributed by atoms with Gasteiger partial charge in [-0.25, -0.2) is 8.42 Å². The molecule has 1 heterocycles. The molecule has 27 heavy (non-hydrogen) atoms. The van der Waals surface area contributed by atoms with Gasteiger partial charge in [-0.3, -0.25) is 0 Å². The van der Waals surface area contributed by atoms with Gasteiger partial charge in [0.15, 0.2) is 0 Å². The Balaban J connectivity index is 1.84. The smallest absolute Gasteiger partial charge is 0.243 e. The fraction of sp³-hybridized carbons (Fsp3) is 0.429. The quantitative estimate of drug-likeness (QED) is 0.786. The standard InChI is InChI=1S/C21H28N2O3S/c1-5-26-21-16(2)15-20(17(3)18(21)4)27(24,25)23-13-11-22(12-14-23)19-9-7-6-8-10-19/h6-10,15H,5,11-14H2,1-4H3. The molecule has 0 radical (unpaired) electrons. The van der Waals surface area contributed by atoms with Gasteiger partial charge in [0.2, 0.25) is 10.0 Å². The van der Waals surface area contributed by atoms with Gasteiger partial charge in [-0.2, -0.15) is 4.31 Å². The van der Waals surface area contributed by atoms with Gasteiger partial charge in [-0.1, -0.05) is 18.2 Å². The summed E-state index contributed by atoms with van der Waals surface area (Å²) >= 11 is 0. The third-order valence-corrected chi connectivity index (χ3v) is 7.27. The first-order valence-corrected chi connectivity index (χ1v) is 10.8. The minimum atomic E-state index is -3.52. The van der Waals surface area contributed by atoms with E-state index in [9.17, 15) is 8.42 Å². The molecule has 0 amide bonds. The number of benzene rings is 2. The highest BCUT2D eigenvalue weighted by molar-refractivity contribution is 7.89. The fourth-order valence-corrected chi connectivity index (χ4v) is 5.41. The highest BCUT2D eigenvalue weighted by atomic mass is 32.2. The van der Waals surface area contributed by atoms with Crippen LogP contribution in [-0.2, 0) is 10.0 Å². The molecule has 3 rings (SSSR count). The van der Waals surface area contributed by atoms with Gasteiger partial charge in [-0.15, -0.1) is 0 Å². The zero-order valence-electron chi connectivity index (χ0n) is 16.5. The summed E-state index contributed by atoms with van der Waals surface area (Å²) in [5.74, 6) is 0.794. The summed E-state index contributed by atoms with van der Waals surface area (Å²) in [6.45, 7) is 10.6. The molecule has 2 aromatic carbocycles. The van der Waals surface area contributed by atoms with Gasteiger partial charge < -0.3 is 9.64 Å². The van der Waals surface area contributed by atoms with Crippen LogP contribution in [0.2, 0.25) is 0 Å². The lowest BCUT2D eigenvalue weighted by Gasteiger charge is -2.35. The molecule has 0 atom stereocenters. The van der Waals surface area contributed by atoms with Crippen molar-refractivity contribution in [1.82, 2.24) is 4.31 Å². The SMILES string of the molecule is CCOc1c(C)cc(S(=O)(=O)N2CCN(c3ccccc3)CC2)c(C)c1C. The predicted octanol–water partition coefficient (Wildman–Crippen LogP) is 3.52. The maximum Gasteiger partial charge on any atom is 0.243 e. The zero-order chi connectivity index (χ0) is 19.6. The van der Waals surface area contributed by atoms with E-state index in [-0.39, 0.29) is 0 Å². The Labute approximate surface area is 162 Å². The average Bonchev–Trinajstić information content (AvgIpc) is 2.68. The molecule has 0 saturated carbocycles. The monoisotopic (exact) mass is 388 g/mol. The Hall–Kier alpha value is -2.05. The third kappa shape index (κ3) is 3.82. The minimum absolute atomic E-state index is 0.397. The van der Waals surface area contributed by atoms with Gasteiger partial charge in [0.05, 0.1) is 11.5 Å². The van der Waals surface area contributed by atoms with E-state index in [2.05, 4.69) is 17.0 Å². The first-order valence-electron chi connectivity index (χ1n) is 9.40. The van der Waals surface area contributed by atoms with E-state index in [4.69, 9.17) is 4.74 Å². The van der Waals surface area contributed by atoms with Crippen LogP contribution in [0.4, 0.5) is 5.69 Å². The third-order valence-electron chi connectivity index (χ3n) is 5.24. The molecule has 1 saturated heterocycles. The van der Waals surface area contributed by atoms with Crippen LogP contribution in [0, 0.1) is 20.8 Å². The second kappa shape index (κ2) is 7.90. The maximum absolute atomic E-state index is 13.3. The summed E-state index contributed by atoms with van der Waals surface area (Å²) in [4.78, 5) is 2.63. The molecule has 2 aromatic rings. The van der Waals surface area contributed by atoms with Crippen molar-refractivity contribution in [3.63, 3.8) is 0 Å². The van der Waals surface area contributed by atoms with E-state index in [0.717, 1.165) is 28.1 Å². The summed E-state index contributed by atoms with van der Waals surface area (Å²) in [6, 6.07) is 11.9.